The molecule has 1 saturated heterocycles. The van der Waals surface area contributed by atoms with Gasteiger partial charge in [0.1, 0.15) is 6.23 Å². The van der Waals surface area contributed by atoms with Gasteiger partial charge in [-0.2, -0.15) is 0 Å². The predicted molar refractivity (Wildman–Crippen MR) is 147 cm³/mol. The van der Waals surface area contributed by atoms with E-state index in [4.69, 9.17) is 4.74 Å². The first kappa shape index (κ1) is 26.3. The Morgan fingerprint density at radius 3 is 2.50 bits per heavy atom. The van der Waals surface area contributed by atoms with Crippen molar-refractivity contribution >= 4 is 10.8 Å². The maximum Gasteiger partial charge on any atom is 0.197 e. The molecule has 2 N–H and O–H groups in total. The van der Waals surface area contributed by atoms with E-state index >= 15 is 0 Å². The van der Waals surface area contributed by atoms with Gasteiger partial charge in [-0.1, -0.05) is 89.2 Å². The second-order valence-electron chi connectivity index (χ2n) is 12.3. The van der Waals surface area contributed by atoms with Crippen molar-refractivity contribution in [2.45, 2.75) is 66.7 Å². The number of nitrogens with zero attached hydrogens (tertiary/aromatic N) is 2. The Hall–Kier alpha value is -2.76. The molecule has 1 unspecified atom stereocenters. The Bertz CT molecular complexity index is 1210. The number of rotatable bonds is 9. The average Bonchev–Trinajstić information content (AvgIpc) is 3.34. The van der Waals surface area contributed by atoms with Crippen LogP contribution in [0.15, 0.2) is 60.7 Å². The van der Waals surface area contributed by atoms with E-state index in [-0.39, 0.29) is 28.8 Å². The summed E-state index contributed by atoms with van der Waals surface area (Å²) in [5, 5.41) is 24.0. The molecule has 2 heterocycles. The van der Waals surface area contributed by atoms with Crippen LogP contribution in [0, 0.1) is 10.8 Å². The highest BCUT2D eigenvalue weighted by molar-refractivity contribution is 5.85. The molecule has 0 aliphatic carbocycles. The first-order valence-electron chi connectivity index (χ1n) is 13.0. The van der Waals surface area contributed by atoms with Crippen LogP contribution >= 0.6 is 0 Å². The summed E-state index contributed by atoms with van der Waals surface area (Å²) >= 11 is 0. The van der Waals surface area contributed by atoms with Gasteiger partial charge in [0.05, 0.1) is 6.61 Å². The topological polar surface area (TPSA) is 57.9 Å². The van der Waals surface area contributed by atoms with Crippen LogP contribution in [0.5, 0.6) is 11.8 Å². The molecule has 3 aromatic rings. The van der Waals surface area contributed by atoms with E-state index in [0.29, 0.717) is 26.1 Å². The van der Waals surface area contributed by atoms with Crippen molar-refractivity contribution in [3.8, 4) is 11.8 Å². The van der Waals surface area contributed by atoms with Crippen LogP contribution in [-0.4, -0.2) is 39.4 Å². The molecule has 0 radical (unpaired) electrons. The molecule has 0 saturated carbocycles. The first-order chi connectivity index (χ1) is 16.9. The first-order valence-corrected chi connectivity index (χ1v) is 13.0. The summed E-state index contributed by atoms with van der Waals surface area (Å²) in [5.74, 6) is 0.218. The Morgan fingerprint density at radius 2 is 1.75 bits per heavy atom. The second-order valence-corrected chi connectivity index (χ2v) is 12.3. The van der Waals surface area contributed by atoms with Gasteiger partial charge in [-0.05, 0) is 40.9 Å². The van der Waals surface area contributed by atoms with E-state index < -0.39 is 0 Å². The monoisotopic (exact) mass is 490 g/mol. The molecule has 1 atom stereocenters. The lowest BCUT2D eigenvalue weighted by Gasteiger charge is -2.33. The lowest BCUT2D eigenvalue weighted by atomic mass is 9.73. The largest absolute Gasteiger partial charge is 0.494 e. The van der Waals surface area contributed by atoms with Crippen LogP contribution in [0.2, 0.25) is 0 Å². The van der Waals surface area contributed by atoms with Crippen molar-refractivity contribution in [3.05, 3.63) is 71.8 Å². The maximum atomic E-state index is 11.0. The van der Waals surface area contributed by atoms with E-state index in [1.54, 1.807) is 10.6 Å². The molecule has 1 fully saturated rings. The van der Waals surface area contributed by atoms with Gasteiger partial charge in [0.25, 0.3) is 0 Å². The zero-order valence-electron chi connectivity index (χ0n) is 22.6. The van der Waals surface area contributed by atoms with Crippen LogP contribution in [0.1, 0.15) is 64.8 Å². The molecule has 36 heavy (non-hydrogen) atoms. The van der Waals surface area contributed by atoms with Crippen LogP contribution in [0.25, 0.3) is 10.8 Å². The van der Waals surface area contributed by atoms with Crippen molar-refractivity contribution in [1.29, 1.82) is 0 Å². The molecule has 1 aliphatic heterocycles. The fourth-order valence-corrected chi connectivity index (χ4v) is 6.15. The Labute approximate surface area is 216 Å². The number of ether oxygens (including phenoxy) is 1. The number of fused-ring (bicyclic) bond motifs is 1. The van der Waals surface area contributed by atoms with Gasteiger partial charge in [-0.15, -0.1) is 0 Å². The van der Waals surface area contributed by atoms with Crippen LogP contribution in [0.3, 0.4) is 0 Å². The number of benzene rings is 2. The molecule has 194 valence electrons. The highest BCUT2D eigenvalue weighted by Crippen LogP contribution is 2.39. The van der Waals surface area contributed by atoms with Gasteiger partial charge in [-0.25, -0.2) is 0 Å². The standard InChI is InChI=1S/C31H42N2O3/c1-22(20-31(5,6)21-30(2,3)4)18-24-19-27(34)33(28(24)35)15-14-32-16-17-36-29(32)26-13-9-11-23-10-7-8-12-25(23)26/h7-13,19,29,34-35H,1,14-18,20-21H2,2-6H3. The highest BCUT2D eigenvalue weighted by Gasteiger charge is 2.29. The number of hydrogen-bond acceptors (Lipinski definition) is 4. The summed E-state index contributed by atoms with van der Waals surface area (Å²) in [4.78, 5) is 2.27. The number of hydrogen-bond donors (Lipinski definition) is 2. The molecular formula is C31H42N2O3. The average molecular weight is 491 g/mol. The summed E-state index contributed by atoms with van der Waals surface area (Å²) < 4.78 is 7.73. The molecule has 0 amide bonds. The van der Waals surface area contributed by atoms with Crippen LogP contribution in [0.4, 0.5) is 0 Å². The zero-order chi connectivity index (χ0) is 26.1. The summed E-state index contributed by atoms with van der Waals surface area (Å²) in [6, 6.07) is 16.4. The third kappa shape index (κ3) is 6.13. The van der Waals surface area contributed by atoms with Crippen molar-refractivity contribution in [1.82, 2.24) is 9.47 Å². The summed E-state index contributed by atoms with van der Waals surface area (Å²) in [7, 11) is 0. The van der Waals surface area contributed by atoms with Crippen molar-refractivity contribution in [3.63, 3.8) is 0 Å². The molecular weight excluding hydrogens is 448 g/mol. The van der Waals surface area contributed by atoms with Crippen LogP contribution < -0.4 is 0 Å². The number of allylic oxidation sites excluding steroid dienone is 1. The van der Waals surface area contributed by atoms with Gasteiger partial charge < -0.3 is 14.9 Å². The van der Waals surface area contributed by atoms with Crippen molar-refractivity contribution in [2.75, 3.05) is 19.7 Å². The fourth-order valence-electron chi connectivity index (χ4n) is 6.15. The third-order valence-corrected chi connectivity index (χ3v) is 6.99. The van der Waals surface area contributed by atoms with Gasteiger partial charge in [0.2, 0.25) is 0 Å². The molecule has 4 rings (SSSR count). The van der Waals surface area contributed by atoms with E-state index in [2.05, 4.69) is 88.6 Å². The highest BCUT2D eigenvalue weighted by atomic mass is 16.5. The SMILES string of the molecule is C=C(Cc1cc(O)n(CCN2CCOC2c2cccc3ccccc23)c1O)CC(C)(C)CC(C)(C)C. The molecule has 0 spiro atoms. The van der Waals surface area contributed by atoms with Gasteiger partial charge in [0.15, 0.2) is 11.8 Å². The van der Waals surface area contributed by atoms with Gasteiger partial charge >= 0.3 is 0 Å². The summed E-state index contributed by atoms with van der Waals surface area (Å²) in [6.07, 6.45) is 2.40. The van der Waals surface area contributed by atoms with Crippen LogP contribution in [-0.2, 0) is 17.7 Å². The van der Waals surface area contributed by atoms with Gasteiger partial charge in [0, 0.05) is 36.8 Å². The number of aromatic nitrogens is 1. The second kappa shape index (κ2) is 10.3. The lowest BCUT2D eigenvalue weighted by Crippen LogP contribution is -2.28. The molecule has 1 aromatic heterocycles. The summed E-state index contributed by atoms with van der Waals surface area (Å²) in [6.45, 7) is 18.2. The minimum absolute atomic E-state index is 0.0890. The molecule has 5 heteroatoms. The molecule has 2 aromatic carbocycles. The molecule has 5 nitrogen and oxygen atoms in total. The lowest BCUT2D eigenvalue weighted by molar-refractivity contribution is 0.0318. The number of aromatic hydroxyl groups is 2. The van der Waals surface area contributed by atoms with E-state index in [1.165, 1.54) is 10.8 Å². The Balaban J connectivity index is 1.43. The van der Waals surface area contributed by atoms with Crippen molar-refractivity contribution < 1.29 is 14.9 Å². The predicted octanol–water partition coefficient (Wildman–Crippen LogP) is 7.03. The van der Waals surface area contributed by atoms with E-state index in [0.717, 1.165) is 36.1 Å². The van der Waals surface area contributed by atoms with E-state index in [9.17, 15) is 10.2 Å². The fraction of sp³-hybridized carbons (Fsp3) is 0.484. The normalized spacial score (nSPS) is 17.2. The zero-order valence-corrected chi connectivity index (χ0v) is 22.6. The van der Waals surface area contributed by atoms with Gasteiger partial charge in [-0.3, -0.25) is 9.47 Å². The van der Waals surface area contributed by atoms with E-state index in [1.807, 2.05) is 0 Å². The maximum absolute atomic E-state index is 11.0. The molecule has 0 bridgehead atoms. The smallest absolute Gasteiger partial charge is 0.197 e. The summed E-state index contributed by atoms with van der Waals surface area (Å²) in [5.41, 5.74) is 3.33. The minimum atomic E-state index is -0.139. The minimum Gasteiger partial charge on any atom is -0.494 e. The quantitative estimate of drug-likeness (QED) is 0.316. The van der Waals surface area contributed by atoms with Crippen molar-refractivity contribution in [2.24, 2.45) is 10.8 Å². The Morgan fingerprint density at radius 1 is 1.03 bits per heavy atom. The third-order valence-electron chi connectivity index (χ3n) is 6.99. The molecule has 1 aliphatic rings. The Kier molecular flexibility index (Phi) is 7.53.